The molecule has 1 heterocycles. The highest BCUT2D eigenvalue weighted by molar-refractivity contribution is 7.89. The summed E-state index contributed by atoms with van der Waals surface area (Å²) in [6.07, 6.45) is 0.439. The van der Waals surface area contributed by atoms with E-state index < -0.39 is 26.8 Å². The van der Waals surface area contributed by atoms with Crippen LogP contribution in [0.1, 0.15) is 12.8 Å². The van der Waals surface area contributed by atoms with E-state index in [0.717, 1.165) is 16.4 Å². The number of hydrogen-bond acceptors (Lipinski definition) is 3. The molecule has 18 heavy (non-hydrogen) atoms. The molecule has 0 spiro atoms. The van der Waals surface area contributed by atoms with E-state index in [4.69, 9.17) is 11.6 Å². The molecule has 1 aromatic carbocycles. The van der Waals surface area contributed by atoms with E-state index in [2.05, 4.69) is 0 Å². The molecular weight excluding hydrogens is 281 g/mol. The van der Waals surface area contributed by atoms with E-state index in [9.17, 15) is 17.9 Å². The van der Waals surface area contributed by atoms with Crippen molar-refractivity contribution in [2.75, 3.05) is 13.1 Å². The van der Waals surface area contributed by atoms with Crippen molar-refractivity contribution in [2.45, 2.75) is 23.8 Å². The Morgan fingerprint density at radius 3 is 2.78 bits per heavy atom. The van der Waals surface area contributed by atoms with Gasteiger partial charge in [0, 0.05) is 18.1 Å². The normalized spacial score (nSPS) is 22.1. The zero-order chi connectivity index (χ0) is 13.3. The van der Waals surface area contributed by atoms with E-state index in [-0.39, 0.29) is 11.6 Å². The fourth-order valence-electron chi connectivity index (χ4n) is 1.96. The van der Waals surface area contributed by atoms with Crippen LogP contribution >= 0.6 is 11.6 Å². The van der Waals surface area contributed by atoms with Gasteiger partial charge < -0.3 is 5.11 Å². The molecule has 0 radical (unpaired) electrons. The monoisotopic (exact) mass is 293 g/mol. The van der Waals surface area contributed by atoms with E-state index in [1.54, 1.807) is 0 Å². The van der Waals surface area contributed by atoms with Gasteiger partial charge in [0.05, 0.1) is 6.10 Å². The Morgan fingerprint density at radius 1 is 1.44 bits per heavy atom. The van der Waals surface area contributed by atoms with Crippen LogP contribution in [0, 0.1) is 5.82 Å². The maximum atomic E-state index is 13.6. The highest BCUT2D eigenvalue weighted by Crippen LogP contribution is 2.24. The molecule has 1 saturated heterocycles. The maximum absolute atomic E-state index is 13.6. The quantitative estimate of drug-likeness (QED) is 0.901. The van der Waals surface area contributed by atoms with Gasteiger partial charge in [0.25, 0.3) is 0 Å². The number of aliphatic hydroxyl groups excluding tert-OH is 1. The number of rotatable bonds is 2. The fraction of sp³-hybridized carbons (Fsp3) is 0.455. The van der Waals surface area contributed by atoms with E-state index >= 15 is 0 Å². The van der Waals surface area contributed by atoms with Crippen LogP contribution in [-0.4, -0.2) is 37.0 Å². The van der Waals surface area contributed by atoms with Crippen LogP contribution in [0.25, 0.3) is 0 Å². The minimum atomic E-state index is -3.90. The Labute approximate surface area is 110 Å². The summed E-state index contributed by atoms with van der Waals surface area (Å²) < 4.78 is 39.1. The zero-order valence-electron chi connectivity index (χ0n) is 9.51. The number of hydrogen-bond donors (Lipinski definition) is 1. The van der Waals surface area contributed by atoms with Crippen LogP contribution in [0.2, 0.25) is 5.02 Å². The second-order valence-corrected chi connectivity index (χ2v) is 6.58. The van der Waals surface area contributed by atoms with Gasteiger partial charge in [-0.3, -0.25) is 0 Å². The van der Waals surface area contributed by atoms with E-state index in [1.807, 2.05) is 0 Å². The van der Waals surface area contributed by atoms with Crippen LogP contribution in [-0.2, 0) is 10.0 Å². The molecule has 1 N–H and O–H groups in total. The van der Waals surface area contributed by atoms with Crippen molar-refractivity contribution in [3.8, 4) is 0 Å². The third-order valence-electron chi connectivity index (χ3n) is 2.87. The summed E-state index contributed by atoms with van der Waals surface area (Å²) in [5, 5.41) is 9.63. The lowest BCUT2D eigenvalue weighted by Gasteiger charge is -2.29. The molecule has 0 amide bonds. The van der Waals surface area contributed by atoms with Crippen LogP contribution in [0.15, 0.2) is 23.1 Å². The third-order valence-corrected chi connectivity index (χ3v) is 5.00. The molecule has 1 aliphatic heterocycles. The maximum Gasteiger partial charge on any atom is 0.246 e. The second kappa shape index (κ2) is 5.13. The lowest BCUT2D eigenvalue weighted by Crippen LogP contribution is -2.42. The zero-order valence-corrected chi connectivity index (χ0v) is 11.1. The first kappa shape index (κ1) is 13.7. The number of sulfonamides is 1. The lowest BCUT2D eigenvalue weighted by molar-refractivity contribution is 0.108. The molecule has 7 heteroatoms. The van der Waals surface area contributed by atoms with Crippen molar-refractivity contribution in [1.29, 1.82) is 0 Å². The Bertz CT molecular complexity index is 549. The van der Waals surface area contributed by atoms with Crippen LogP contribution in [0.4, 0.5) is 4.39 Å². The number of piperidine rings is 1. The molecule has 1 aliphatic rings. The van der Waals surface area contributed by atoms with Crippen molar-refractivity contribution in [1.82, 2.24) is 4.31 Å². The van der Waals surface area contributed by atoms with E-state index in [0.29, 0.717) is 19.4 Å². The smallest absolute Gasteiger partial charge is 0.246 e. The predicted molar refractivity (Wildman–Crippen MR) is 65.4 cm³/mol. The van der Waals surface area contributed by atoms with Crippen molar-refractivity contribution in [3.63, 3.8) is 0 Å². The van der Waals surface area contributed by atoms with Crippen LogP contribution in [0.3, 0.4) is 0 Å². The van der Waals surface area contributed by atoms with Crippen molar-refractivity contribution >= 4 is 21.6 Å². The van der Waals surface area contributed by atoms with Crippen molar-refractivity contribution < 1.29 is 17.9 Å². The minimum absolute atomic E-state index is 0.00436. The average molecular weight is 294 g/mol. The molecule has 1 atom stereocenters. The summed E-state index contributed by atoms with van der Waals surface area (Å²) in [7, 11) is -3.90. The van der Waals surface area contributed by atoms with Gasteiger partial charge >= 0.3 is 0 Å². The Hall–Kier alpha value is -0.690. The van der Waals surface area contributed by atoms with Gasteiger partial charge in [-0.15, -0.1) is 0 Å². The highest BCUT2D eigenvalue weighted by Gasteiger charge is 2.31. The molecule has 2 rings (SSSR count). The topological polar surface area (TPSA) is 57.6 Å². The Balaban J connectivity index is 2.35. The van der Waals surface area contributed by atoms with Gasteiger partial charge in [-0.25, -0.2) is 12.8 Å². The first-order valence-corrected chi connectivity index (χ1v) is 7.36. The van der Waals surface area contributed by atoms with E-state index in [1.165, 1.54) is 6.07 Å². The van der Waals surface area contributed by atoms with Crippen molar-refractivity contribution in [2.24, 2.45) is 0 Å². The summed E-state index contributed by atoms with van der Waals surface area (Å²) in [5.74, 6) is -0.873. The molecule has 0 bridgehead atoms. The molecule has 0 unspecified atom stereocenters. The number of halogens is 2. The highest BCUT2D eigenvalue weighted by atomic mass is 35.5. The first-order valence-electron chi connectivity index (χ1n) is 5.54. The number of β-amino-alcohol motifs (C(OH)–C–C–N with tert-alkyl or cyclic N) is 1. The number of nitrogens with zero attached hydrogens (tertiary/aromatic N) is 1. The Morgan fingerprint density at radius 2 is 2.17 bits per heavy atom. The third kappa shape index (κ3) is 2.66. The molecule has 1 fully saturated rings. The first-order chi connectivity index (χ1) is 8.41. The molecule has 0 aromatic heterocycles. The van der Waals surface area contributed by atoms with Gasteiger partial charge in [0.1, 0.15) is 10.7 Å². The second-order valence-electron chi connectivity index (χ2n) is 4.23. The molecular formula is C11H13ClFNO3S. The fourth-order valence-corrected chi connectivity index (χ4v) is 3.68. The van der Waals surface area contributed by atoms with Crippen molar-refractivity contribution in [3.05, 3.63) is 29.0 Å². The summed E-state index contributed by atoms with van der Waals surface area (Å²) in [6, 6.07) is 3.45. The molecule has 1 aromatic rings. The van der Waals surface area contributed by atoms with Gasteiger partial charge in [-0.1, -0.05) is 11.6 Å². The summed E-state index contributed by atoms with van der Waals surface area (Å²) >= 11 is 5.59. The largest absolute Gasteiger partial charge is 0.392 e. The average Bonchev–Trinajstić information content (AvgIpc) is 2.28. The standard InChI is InChI=1S/C11H13ClFNO3S/c12-8-3-4-11(10(13)6-8)18(16,17)14-5-1-2-9(15)7-14/h3-4,6,9,15H,1-2,5,7H2/t9-/m0/s1. The molecule has 4 nitrogen and oxygen atoms in total. The molecule has 0 aliphatic carbocycles. The minimum Gasteiger partial charge on any atom is -0.392 e. The number of aliphatic hydroxyl groups is 1. The van der Waals surface area contributed by atoms with Gasteiger partial charge in [0.2, 0.25) is 10.0 Å². The van der Waals surface area contributed by atoms with Crippen LogP contribution < -0.4 is 0 Å². The Kier molecular flexibility index (Phi) is 3.91. The van der Waals surface area contributed by atoms with Gasteiger partial charge in [0.15, 0.2) is 0 Å². The summed E-state index contributed by atoms with van der Waals surface area (Å²) in [4.78, 5) is -0.402. The summed E-state index contributed by atoms with van der Waals surface area (Å²) in [6.45, 7) is 0.297. The van der Waals surface area contributed by atoms with Gasteiger partial charge in [-0.05, 0) is 31.0 Å². The van der Waals surface area contributed by atoms with Gasteiger partial charge in [-0.2, -0.15) is 4.31 Å². The SMILES string of the molecule is O=S(=O)(c1ccc(Cl)cc1F)N1CCC[C@H](O)C1. The predicted octanol–water partition coefficient (Wildman–Crippen LogP) is 1.62. The van der Waals surface area contributed by atoms with Crippen LogP contribution in [0.5, 0.6) is 0 Å². The molecule has 0 saturated carbocycles. The lowest BCUT2D eigenvalue weighted by atomic mass is 10.1. The number of benzene rings is 1. The molecule has 100 valence electrons. The summed E-state index contributed by atoms with van der Waals surface area (Å²) in [5.41, 5.74) is 0.